The molecule has 2 aromatic carbocycles. The second-order valence-corrected chi connectivity index (χ2v) is 6.72. The number of carbonyl (C=O) groups is 1. The molecule has 0 spiro atoms. The molecule has 0 N–H and O–H groups in total. The van der Waals surface area contributed by atoms with Crippen molar-refractivity contribution in [1.29, 1.82) is 0 Å². The number of carbonyl (C=O) groups excluding carboxylic acids is 1. The van der Waals surface area contributed by atoms with Gasteiger partial charge in [-0.25, -0.2) is 4.39 Å². The van der Waals surface area contributed by atoms with E-state index in [1.807, 2.05) is 26.0 Å². The minimum absolute atomic E-state index is 0.142. The van der Waals surface area contributed by atoms with Crippen molar-refractivity contribution in [3.8, 4) is 11.5 Å². The van der Waals surface area contributed by atoms with E-state index in [2.05, 4.69) is 0 Å². The Hall–Kier alpha value is -2.82. The summed E-state index contributed by atoms with van der Waals surface area (Å²) in [7, 11) is 1.72. The van der Waals surface area contributed by atoms with E-state index < -0.39 is 0 Å². The van der Waals surface area contributed by atoms with Crippen LogP contribution in [0.4, 0.5) is 4.39 Å². The summed E-state index contributed by atoms with van der Waals surface area (Å²) in [6.45, 7) is 4.92. The van der Waals surface area contributed by atoms with Gasteiger partial charge in [0.1, 0.15) is 23.4 Å². The van der Waals surface area contributed by atoms with Crippen LogP contribution in [0, 0.1) is 5.82 Å². The van der Waals surface area contributed by atoms with Crippen molar-refractivity contribution in [2.24, 2.45) is 0 Å². The van der Waals surface area contributed by atoms with Gasteiger partial charge in [-0.05, 0) is 49.8 Å². The molecule has 1 heterocycles. The molecule has 1 unspecified atom stereocenters. The molecule has 0 radical (unpaired) electrons. The average Bonchev–Trinajstić information content (AvgIpc) is 3.00. The van der Waals surface area contributed by atoms with Crippen molar-refractivity contribution >= 4 is 12.0 Å². The Labute approximate surface area is 159 Å². The topological polar surface area (TPSA) is 38.8 Å². The third kappa shape index (κ3) is 4.67. The SMILES string of the molecule is CCOc1cc2c(cc1/C=C/C(=O)N(C)Cc1ccc(F)cc1)OC(C)C2. The Bertz CT molecular complexity index is 845. The minimum Gasteiger partial charge on any atom is -0.493 e. The van der Waals surface area contributed by atoms with E-state index in [-0.39, 0.29) is 17.8 Å². The van der Waals surface area contributed by atoms with Crippen LogP contribution >= 0.6 is 0 Å². The Balaban J connectivity index is 1.73. The van der Waals surface area contributed by atoms with Gasteiger partial charge in [0.2, 0.25) is 5.91 Å². The number of nitrogens with zero attached hydrogens (tertiary/aromatic N) is 1. The number of likely N-dealkylation sites (N-methyl/N-ethyl adjacent to an activating group) is 1. The molecule has 1 aliphatic rings. The van der Waals surface area contributed by atoms with E-state index in [1.54, 1.807) is 30.2 Å². The zero-order valence-corrected chi connectivity index (χ0v) is 15.9. The lowest BCUT2D eigenvalue weighted by Gasteiger charge is -2.15. The molecule has 0 saturated heterocycles. The fourth-order valence-corrected chi connectivity index (χ4v) is 3.10. The lowest BCUT2D eigenvalue weighted by Crippen LogP contribution is -2.24. The lowest BCUT2D eigenvalue weighted by atomic mass is 10.1. The molecule has 1 aliphatic heterocycles. The van der Waals surface area contributed by atoms with E-state index in [9.17, 15) is 9.18 Å². The van der Waals surface area contributed by atoms with Gasteiger partial charge in [-0.2, -0.15) is 0 Å². The Kier molecular flexibility index (Phi) is 5.79. The quantitative estimate of drug-likeness (QED) is 0.716. The number of fused-ring (bicyclic) bond motifs is 1. The lowest BCUT2D eigenvalue weighted by molar-refractivity contribution is -0.125. The smallest absolute Gasteiger partial charge is 0.246 e. The van der Waals surface area contributed by atoms with Gasteiger partial charge in [-0.15, -0.1) is 0 Å². The highest BCUT2D eigenvalue weighted by molar-refractivity contribution is 5.92. The first-order valence-corrected chi connectivity index (χ1v) is 9.10. The van der Waals surface area contributed by atoms with Crippen LogP contribution in [0.3, 0.4) is 0 Å². The first kappa shape index (κ1) is 19.0. The summed E-state index contributed by atoms with van der Waals surface area (Å²) in [5.74, 6) is 1.16. The first-order valence-electron chi connectivity index (χ1n) is 9.10. The van der Waals surface area contributed by atoms with Crippen molar-refractivity contribution < 1.29 is 18.7 Å². The van der Waals surface area contributed by atoms with Gasteiger partial charge < -0.3 is 14.4 Å². The fourth-order valence-electron chi connectivity index (χ4n) is 3.10. The van der Waals surface area contributed by atoms with Crippen molar-refractivity contribution in [3.05, 3.63) is 65.0 Å². The molecular formula is C22H24FNO3. The van der Waals surface area contributed by atoms with Crippen molar-refractivity contribution in [2.45, 2.75) is 32.9 Å². The highest BCUT2D eigenvalue weighted by Crippen LogP contribution is 2.35. The van der Waals surface area contributed by atoms with Crippen LogP contribution in [-0.4, -0.2) is 30.6 Å². The molecule has 2 aromatic rings. The van der Waals surface area contributed by atoms with Crippen molar-refractivity contribution in [3.63, 3.8) is 0 Å². The van der Waals surface area contributed by atoms with E-state index in [4.69, 9.17) is 9.47 Å². The zero-order valence-electron chi connectivity index (χ0n) is 15.9. The molecule has 0 aromatic heterocycles. The number of amides is 1. The molecule has 1 amide bonds. The molecule has 0 aliphatic carbocycles. The van der Waals surface area contributed by atoms with Gasteiger partial charge in [0.25, 0.3) is 0 Å². The van der Waals surface area contributed by atoms with Gasteiger partial charge in [-0.3, -0.25) is 4.79 Å². The Morgan fingerprint density at radius 3 is 2.78 bits per heavy atom. The predicted octanol–water partition coefficient (Wildman–Crippen LogP) is 4.22. The summed E-state index contributed by atoms with van der Waals surface area (Å²) in [6.07, 6.45) is 4.28. The normalized spacial score (nSPS) is 15.5. The van der Waals surface area contributed by atoms with E-state index in [1.165, 1.54) is 18.2 Å². The zero-order chi connectivity index (χ0) is 19.4. The third-order valence-corrected chi connectivity index (χ3v) is 4.44. The largest absolute Gasteiger partial charge is 0.493 e. The van der Waals surface area contributed by atoms with Crippen molar-refractivity contribution in [2.75, 3.05) is 13.7 Å². The van der Waals surface area contributed by atoms with Crippen LogP contribution in [0.5, 0.6) is 11.5 Å². The van der Waals surface area contributed by atoms with Gasteiger partial charge >= 0.3 is 0 Å². The van der Waals surface area contributed by atoms with Crippen LogP contribution in [0.2, 0.25) is 0 Å². The van der Waals surface area contributed by atoms with E-state index in [0.717, 1.165) is 34.6 Å². The minimum atomic E-state index is -0.288. The van der Waals surface area contributed by atoms with Crippen molar-refractivity contribution in [1.82, 2.24) is 4.90 Å². The molecule has 4 nitrogen and oxygen atoms in total. The predicted molar refractivity (Wildman–Crippen MR) is 103 cm³/mol. The average molecular weight is 369 g/mol. The highest BCUT2D eigenvalue weighted by atomic mass is 19.1. The van der Waals surface area contributed by atoms with Crippen LogP contribution in [0.25, 0.3) is 6.08 Å². The Morgan fingerprint density at radius 1 is 1.33 bits per heavy atom. The second-order valence-electron chi connectivity index (χ2n) is 6.72. The summed E-state index contributed by atoms with van der Waals surface area (Å²) in [6, 6.07) is 10.1. The maximum absolute atomic E-state index is 13.0. The summed E-state index contributed by atoms with van der Waals surface area (Å²) >= 11 is 0. The maximum atomic E-state index is 13.0. The number of hydrogen-bond donors (Lipinski definition) is 0. The first-order chi connectivity index (χ1) is 13.0. The second kappa shape index (κ2) is 8.25. The Morgan fingerprint density at radius 2 is 2.07 bits per heavy atom. The van der Waals surface area contributed by atoms with Gasteiger partial charge in [0, 0.05) is 37.2 Å². The number of halogens is 1. The molecule has 0 saturated carbocycles. The van der Waals surface area contributed by atoms with E-state index in [0.29, 0.717) is 13.2 Å². The summed E-state index contributed by atoms with van der Waals surface area (Å²) < 4.78 is 24.5. The highest BCUT2D eigenvalue weighted by Gasteiger charge is 2.21. The molecule has 0 fully saturated rings. The summed E-state index contributed by atoms with van der Waals surface area (Å²) in [5.41, 5.74) is 2.81. The fraction of sp³-hybridized carbons (Fsp3) is 0.318. The van der Waals surface area contributed by atoms with Crippen LogP contribution < -0.4 is 9.47 Å². The van der Waals surface area contributed by atoms with Crippen LogP contribution in [0.15, 0.2) is 42.5 Å². The maximum Gasteiger partial charge on any atom is 0.246 e. The molecule has 1 atom stereocenters. The van der Waals surface area contributed by atoms with Gasteiger partial charge in [0.05, 0.1) is 6.61 Å². The number of benzene rings is 2. The monoisotopic (exact) mass is 369 g/mol. The molecule has 0 bridgehead atoms. The molecule has 5 heteroatoms. The number of hydrogen-bond acceptors (Lipinski definition) is 3. The van der Waals surface area contributed by atoms with Gasteiger partial charge in [0.15, 0.2) is 0 Å². The van der Waals surface area contributed by atoms with Crippen LogP contribution in [-0.2, 0) is 17.8 Å². The molecular weight excluding hydrogens is 345 g/mol. The standard InChI is InChI=1S/C22H24FNO3/c1-4-26-20-13-18-11-15(2)27-21(18)12-17(20)7-10-22(25)24(3)14-16-5-8-19(23)9-6-16/h5-10,12-13,15H,4,11,14H2,1-3H3/b10-7+. The molecule has 3 rings (SSSR count). The summed E-state index contributed by atoms with van der Waals surface area (Å²) in [5, 5.41) is 0. The molecule has 142 valence electrons. The number of ether oxygens (including phenoxy) is 2. The van der Waals surface area contributed by atoms with Crippen LogP contribution in [0.1, 0.15) is 30.5 Å². The van der Waals surface area contributed by atoms with Gasteiger partial charge in [-0.1, -0.05) is 12.1 Å². The third-order valence-electron chi connectivity index (χ3n) is 4.44. The number of rotatable bonds is 6. The molecule has 27 heavy (non-hydrogen) atoms. The van der Waals surface area contributed by atoms with E-state index >= 15 is 0 Å². The summed E-state index contributed by atoms with van der Waals surface area (Å²) in [4.78, 5) is 14.0.